The topological polar surface area (TPSA) is 73.6 Å². The SMILES string of the molecule is CCCOCCOC(C)CC(C)(NCC)C(N)=O. The van der Waals surface area contributed by atoms with Crippen LogP contribution in [-0.2, 0) is 14.3 Å². The van der Waals surface area contributed by atoms with E-state index in [2.05, 4.69) is 12.2 Å². The third-order valence-electron chi connectivity index (χ3n) is 2.78. The van der Waals surface area contributed by atoms with Crippen molar-refractivity contribution in [2.45, 2.75) is 52.2 Å². The van der Waals surface area contributed by atoms with Gasteiger partial charge in [-0.15, -0.1) is 0 Å². The molecule has 0 saturated carbocycles. The van der Waals surface area contributed by atoms with Crippen LogP contribution in [-0.4, -0.2) is 43.9 Å². The Kier molecular flexibility index (Phi) is 8.97. The average Bonchev–Trinajstić information content (AvgIpc) is 2.28. The Balaban J connectivity index is 3.95. The molecule has 0 aliphatic rings. The number of hydrogen-bond donors (Lipinski definition) is 2. The standard InChI is InChI=1S/C13H28N2O3/c1-5-7-17-8-9-18-11(3)10-13(4,12(14)16)15-6-2/h11,15H,5-10H2,1-4H3,(H2,14,16). The number of primary amides is 1. The molecule has 0 spiro atoms. The number of ether oxygens (including phenoxy) is 2. The van der Waals surface area contributed by atoms with Gasteiger partial charge in [-0.1, -0.05) is 13.8 Å². The normalized spacial score (nSPS) is 16.2. The molecule has 108 valence electrons. The maximum atomic E-state index is 11.4. The summed E-state index contributed by atoms with van der Waals surface area (Å²) in [6, 6.07) is 0. The van der Waals surface area contributed by atoms with E-state index in [0.717, 1.165) is 13.0 Å². The van der Waals surface area contributed by atoms with Crippen LogP contribution in [0.2, 0.25) is 0 Å². The molecule has 0 rings (SSSR count). The van der Waals surface area contributed by atoms with E-state index in [4.69, 9.17) is 15.2 Å². The zero-order chi connectivity index (χ0) is 14.0. The minimum Gasteiger partial charge on any atom is -0.379 e. The fraction of sp³-hybridized carbons (Fsp3) is 0.923. The van der Waals surface area contributed by atoms with Crippen LogP contribution in [0.5, 0.6) is 0 Å². The molecule has 0 fully saturated rings. The highest BCUT2D eigenvalue weighted by molar-refractivity contribution is 5.84. The molecule has 18 heavy (non-hydrogen) atoms. The number of nitrogens with one attached hydrogen (secondary N) is 1. The molecule has 0 heterocycles. The summed E-state index contributed by atoms with van der Waals surface area (Å²) in [4.78, 5) is 11.4. The van der Waals surface area contributed by atoms with Gasteiger partial charge in [-0.2, -0.15) is 0 Å². The predicted molar refractivity (Wildman–Crippen MR) is 72.4 cm³/mol. The first-order chi connectivity index (χ1) is 8.46. The predicted octanol–water partition coefficient (Wildman–Crippen LogP) is 1.06. The van der Waals surface area contributed by atoms with Crippen LogP contribution < -0.4 is 11.1 Å². The van der Waals surface area contributed by atoms with Crippen LogP contribution in [0.15, 0.2) is 0 Å². The second-order valence-electron chi connectivity index (χ2n) is 4.72. The third-order valence-corrected chi connectivity index (χ3v) is 2.78. The molecule has 2 atom stereocenters. The number of rotatable bonds is 11. The van der Waals surface area contributed by atoms with Crippen LogP contribution in [0, 0.1) is 0 Å². The molecule has 0 aliphatic carbocycles. The second kappa shape index (κ2) is 9.30. The summed E-state index contributed by atoms with van der Waals surface area (Å²) in [7, 11) is 0. The Hall–Kier alpha value is -0.650. The van der Waals surface area contributed by atoms with Crippen molar-refractivity contribution in [1.82, 2.24) is 5.32 Å². The van der Waals surface area contributed by atoms with Gasteiger partial charge in [0.1, 0.15) is 0 Å². The Labute approximate surface area is 110 Å². The van der Waals surface area contributed by atoms with Crippen molar-refractivity contribution in [1.29, 1.82) is 0 Å². The lowest BCUT2D eigenvalue weighted by Gasteiger charge is -2.29. The summed E-state index contributed by atoms with van der Waals surface area (Å²) in [6.07, 6.45) is 1.53. The molecular formula is C13H28N2O3. The van der Waals surface area contributed by atoms with Crippen molar-refractivity contribution in [3.8, 4) is 0 Å². The summed E-state index contributed by atoms with van der Waals surface area (Å²) in [5, 5.41) is 3.11. The molecular weight excluding hydrogens is 232 g/mol. The Morgan fingerprint density at radius 2 is 2.00 bits per heavy atom. The van der Waals surface area contributed by atoms with Gasteiger partial charge in [0, 0.05) is 13.0 Å². The van der Waals surface area contributed by atoms with Gasteiger partial charge in [0.25, 0.3) is 0 Å². The molecule has 5 nitrogen and oxygen atoms in total. The van der Waals surface area contributed by atoms with Gasteiger partial charge in [-0.05, 0) is 26.8 Å². The molecule has 0 bridgehead atoms. The maximum Gasteiger partial charge on any atom is 0.237 e. The van der Waals surface area contributed by atoms with Gasteiger partial charge in [0.2, 0.25) is 5.91 Å². The Morgan fingerprint density at radius 1 is 1.33 bits per heavy atom. The molecule has 1 amide bonds. The Bertz CT molecular complexity index is 236. The number of amides is 1. The summed E-state index contributed by atoms with van der Waals surface area (Å²) >= 11 is 0. The van der Waals surface area contributed by atoms with E-state index in [9.17, 15) is 4.79 Å². The Morgan fingerprint density at radius 3 is 2.50 bits per heavy atom. The van der Waals surface area contributed by atoms with Crippen molar-refractivity contribution >= 4 is 5.91 Å². The van der Waals surface area contributed by atoms with E-state index >= 15 is 0 Å². The zero-order valence-corrected chi connectivity index (χ0v) is 12.1. The van der Waals surface area contributed by atoms with Crippen LogP contribution >= 0.6 is 0 Å². The van der Waals surface area contributed by atoms with Gasteiger partial charge in [-0.25, -0.2) is 0 Å². The van der Waals surface area contributed by atoms with Crippen LogP contribution in [0.1, 0.15) is 40.5 Å². The summed E-state index contributed by atoms with van der Waals surface area (Å²) in [6.45, 7) is 10.4. The van der Waals surface area contributed by atoms with Gasteiger partial charge in [-0.3, -0.25) is 4.79 Å². The van der Waals surface area contributed by atoms with Crippen LogP contribution in [0.25, 0.3) is 0 Å². The molecule has 0 aromatic rings. The van der Waals surface area contributed by atoms with Crippen molar-refractivity contribution < 1.29 is 14.3 Å². The number of hydrogen-bond acceptors (Lipinski definition) is 4. The van der Waals surface area contributed by atoms with E-state index in [1.807, 2.05) is 20.8 Å². The monoisotopic (exact) mass is 260 g/mol. The summed E-state index contributed by atoms with van der Waals surface area (Å²) < 4.78 is 10.9. The second-order valence-corrected chi connectivity index (χ2v) is 4.72. The van der Waals surface area contributed by atoms with Gasteiger partial charge < -0.3 is 20.5 Å². The molecule has 0 aliphatic heterocycles. The first kappa shape index (κ1) is 17.4. The van der Waals surface area contributed by atoms with Crippen molar-refractivity contribution in [3.05, 3.63) is 0 Å². The average molecular weight is 260 g/mol. The van der Waals surface area contributed by atoms with E-state index < -0.39 is 5.54 Å². The summed E-state index contributed by atoms with van der Waals surface area (Å²) in [5.74, 6) is -0.345. The number of likely N-dealkylation sites (N-methyl/N-ethyl adjacent to an activating group) is 1. The quantitative estimate of drug-likeness (QED) is 0.545. The first-order valence-corrected chi connectivity index (χ1v) is 6.70. The van der Waals surface area contributed by atoms with Gasteiger partial charge in [0.15, 0.2) is 0 Å². The fourth-order valence-electron chi connectivity index (χ4n) is 1.84. The lowest BCUT2D eigenvalue weighted by atomic mass is 9.94. The van der Waals surface area contributed by atoms with Crippen molar-refractivity contribution in [2.24, 2.45) is 5.73 Å². The third kappa shape index (κ3) is 6.93. The highest BCUT2D eigenvalue weighted by atomic mass is 16.5. The fourth-order valence-corrected chi connectivity index (χ4v) is 1.84. The van der Waals surface area contributed by atoms with E-state index in [1.165, 1.54) is 0 Å². The van der Waals surface area contributed by atoms with Crippen molar-refractivity contribution in [3.63, 3.8) is 0 Å². The van der Waals surface area contributed by atoms with Gasteiger partial charge in [0.05, 0.1) is 24.9 Å². The first-order valence-electron chi connectivity index (χ1n) is 6.70. The summed E-state index contributed by atoms with van der Waals surface area (Å²) in [5.41, 5.74) is 4.71. The lowest BCUT2D eigenvalue weighted by Crippen LogP contribution is -2.54. The number of carbonyl (C=O) groups is 1. The van der Waals surface area contributed by atoms with Crippen LogP contribution in [0.3, 0.4) is 0 Å². The largest absolute Gasteiger partial charge is 0.379 e. The molecule has 0 aromatic heterocycles. The number of nitrogens with two attached hydrogens (primary N) is 1. The van der Waals surface area contributed by atoms with E-state index in [0.29, 0.717) is 26.2 Å². The molecule has 0 aromatic carbocycles. The molecule has 0 radical (unpaired) electrons. The minimum atomic E-state index is -0.710. The zero-order valence-electron chi connectivity index (χ0n) is 12.1. The lowest BCUT2D eigenvalue weighted by molar-refractivity contribution is -0.125. The minimum absolute atomic E-state index is 0.0354. The molecule has 0 saturated heterocycles. The highest BCUT2D eigenvalue weighted by Gasteiger charge is 2.31. The van der Waals surface area contributed by atoms with Crippen molar-refractivity contribution in [2.75, 3.05) is 26.4 Å². The number of carbonyl (C=O) groups excluding carboxylic acids is 1. The maximum absolute atomic E-state index is 11.4. The highest BCUT2D eigenvalue weighted by Crippen LogP contribution is 2.14. The molecule has 5 heteroatoms. The smallest absolute Gasteiger partial charge is 0.237 e. The molecule has 3 N–H and O–H groups in total. The van der Waals surface area contributed by atoms with E-state index in [1.54, 1.807) is 0 Å². The van der Waals surface area contributed by atoms with Crippen LogP contribution in [0.4, 0.5) is 0 Å². The van der Waals surface area contributed by atoms with Gasteiger partial charge >= 0.3 is 0 Å². The molecule has 2 unspecified atom stereocenters. The van der Waals surface area contributed by atoms with E-state index in [-0.39, 0.29) is 12.0 Å².